The molecule has 3 rings (SSSR count). The lowest BCUT2D eigenvalue weighted by Crippen LogP contribution is -2.43. The molecule has 2 aliphatic rings. The van der Waals surface area contributed by atoms with Gasteiger partial charge in [0.2, 0.25) is 5.91 Å². The molecule has 0 spiro atoms. The highest BCUT2D eigenvalue weighted by Crippen LogP contribution is 2.41. The van der Waals surface area contributed by atoms with Crippen LogP contribution in [0.25, 0.3) is 0 Å². The van der Waals surface area contributed by atoms with Gasteiger partial charge in [-0.25, -0.2) is 4.39 Å². The molecule has 2 fully saturated rings. The van der Waals surface area contributed by atoms with Gasteiger partial charge in [-0.15, -0.1) is 0 Å². The van der Waals surface area contributed by atoms with Gasteiger partial charge in [0.05, 0.1) is 5.41 Å². The number of rotatable bonds is 5. The van der Waals surface area contributed by atoms with Crippen molar-refractivity contribution in [3.63, 3.8) is 0 Å². The maximum absolute atomic E-state index is 13.2. The van der Waals surface area contributed by atoms with Crippen molar-refractivity contribution in [1.82, 2.24) is 10.6 Å². The van der Waals surface area contributed by atoms with Gasteiger partial charge >= 0.3 is 0 Å². The molecule has 1 aliphatic heterocycles. The summed E-state index contributed by atoms with van der Waals surface area (Å²) in [5.41, 5.74) is 0.520. The summed E-state index contributed by atoms with van der Waals surface area (Å²) in [5.74, 6) is 0.562. The molecule has 0 aromatic heterocycles. The highest BCUT2D eigenvalue weighted by Gasteiger charge is 2.42. The van der Waals surface area contributed by atoms with E-state index in [0.717, 1.165) is 57.3 Å². The molecule has 1 aromatic carbocycles. The molecule has 0 bridgehead atoms. The molecule has 1 saturated heterocycles. The fourth-order valence-corrected chi connectivity index (χ4v) is 4.12. The van der Waals surface area contributed by atoms with E-state index in [1.165, 1.54) is 25.0 Å². The normalized spacial score (nSPS) is 23.6. The van der Waals surface area contributed by atoms with E-state index in [9.17, 15) is 9.18 Å². The summed E-state index contributed by atoms with van der Waals surface area (Å²) in [6.07, 6.45) is 7.40. The van der Waals surface area contributed by atoms with Gasteiger partial charge in [-0.3, -0.25) is 4.79 Å². The Bertz CT molecular complexity index is 517. The largest absolute Gasteiger partial charge is 0.355 e. The van der Waals surface area contributed by atoms with Crippen molar-refractivity contribution < 1.29 is 9.18 Å². The van der Waals surface area contributed by atoms with E-state index >= 15 is 0 Å². The van der Waals surface area contributed by atoms with Crippen LogP contribution in [0.4, 0.5) is 4.39 Å². The number of nitrogens with one attached hydrogen (secondary N) is 2. The van der Waals surface area contributed by atoms with Crippen molar-refractivity contribution in [2.24, 2.45) is 5.92 Å². The van der Waals surface area contributed by atoms with Gasteiger partial charge in [0.25, 0.3) is 0 Å². The van der Waals surface area contributed by atoms with E-state index in [1.54, 1.807) is 12.1 Å². The van der Waals surface area contributed by atoms with Crippen LogP contribution in [0.1, 0.15) is 50.5 Å². The molecular weight excluding hydrogens is 291 g/mol. The molecule has 1 aromatic rings. The summed E-state index contributed by atoms with van der Waals surface area (Å²) >= 11 is 0. The van der Waals surface area contributed by atoms with Gasteiger partial charge in [-0.05, 0) is 68.8 Å². The SMILES string of the molecule is O=C(NCCC1CCCNC1)C1(c2ccc(F)cc2)CCCC1. The minimum Gasteiger partial charge on any atom is -0.355 e. The number of benzene rings is 1. The highest BCUT2D eigenvalue weighted by atomic mass is 19.1. The molecule has 3 nitrogen and oxygen atoms in total. The lowest BCUT2D eigenvalue weighted by atomic mass is 9.78. The first-order chi connectivity index (χ1) is 11.2. The fourth-order valence-electron chi connectivity index (χ4n) is 4.12. The highest BCUT2D eigenvalue weighted by molar-refractivity contribution is 5.88. The molecule has 1 aliphatic carbocycles. The molecule has 1 atom stereocenters. The Morgan fingerprint density at radius 1 is 1.22 bits per heavy atom. The Morgan fingerprint density at radius 3 is 2.61 bits per heavy atom. The maximum atomic E-state index is 13.2. The van der Waals surface area contributed by atoms with E-state index in [0.29, 0.717) is 5.92 Å². The molecule has 4 heteroatoms. The second-order valence-corrected chi connectivity index (χ2v) is 7.05. The van der Waals surface area contributed by atoms with E-state index in [-0.39, 0.29) is 11.7 Å². The Kier molecular flexibility index (Phi) is 5.31. The third kappa shape index (κ3) is 3.74. The molecule has 1 heterocycles. The van der Waals surface area contributed by atoms with Crippen molar-refractivity contribution in [1.29, 1.82) is 0 Å². The van der Waals surface area contributed by atoms with Crippen LogP contribution in [-0.4, -0.2) is 25.5 Å². The molecular formula is C19H27FN2O. The summed E-state index contributed by atoms with van der Waals surface area (Å²) < 4.78 is 13.2. The van der Waals surface area contributed by atoms with Crippen LogP contribution < -0.4 is 10.6 Å². The lowest BCUT2D eigenvalue weighted by Gasteiger charge is -2.29. The number of carbonyl (C=O) groups excluding carboxylic acids is 1. The van der Waals surface area contributed by atoms with Gasteiger partial charge in [0.15, 0.2) is 0 Å². The van der Waals surface area contributed by atoms with Crippen LogP contribution in [0.5, 0.6) is 0 Å². The average Bonchev–Trinajstić information content (AvgIpc) is 3.07. The molecule has 1 unspecified atom stereocenters. The summed E-state index contributed by atoms with van der Waals surface area (Å²) in [6.45, 7) is 2.93. The van der Waals surface area contributed by atoms with Gasteiger partial charge < -0.3 is 10.6 Å². The number of amides is 1. The first kappa shape index (κ1) is 16.4. The Balaban J connectivity index is 1.61. The van der Waals surface area contributed by atoms with Crippen LogP contribution in [0.15, 0.2) is 24.3 Å². The van der Waals surface area contributed by atoms with Gasteiger partial charge in [0, 0.05) is 6.54 Å². The predicted molar refractivity (Wildman–Crippen MR) is 89.8 cm³/mol. The first-order valence-corrected chi connectivity index (χ1v) is 8.96. The van der Waals surface area contributed by atoms with Crippen molar-refractivity contribution >= 4 is 5.91 Å². The molecule has 0 radical (unpaired) electrons. The van der Waals surface area contributed by atoms with Crippen LogP contribution in [-0.2, 0) is 10.2 Å². The van der Waals surface area contributed by atoms with Gasteiger partial charge in [-0.2, -0.15) is 0 Å². The van der Waals surface area contributed by atoms with E-state index < -0.39 is 5.41 Å². The van der Waals surface area contributed by atoms with E-state index in [1.807, 2.05) is 0 Å². The van der Waals surface area contributed by atoms with Crippen molar-refractivity contribution in [2.45, 2.75) is 50.4 Å². The second-order valence-electron chi connectivity index (χ2n) is 7.05. The van der Waals surface area contributed by atoms with Crippen molar-refractivity contribution in [3.05, 3.63) is 35.6 Å². The standard InChI is InChI=1S/C19H27FN2O/c20-17-7-5-16(6-8-17)19(10-1-2-11-19)18(23)22-13-9-15-4-3-12-21-14-15/h5-8,15,21H,1-4,9-14H2,(H,22,23). The maximum Gasteiger partial charge on any atom is 0.230 e. The molecule has 23 heavy (non-hydrogen) atoms. The average molecular weight is 318 g/mol. The van der Waals surface area contributed by atoms with Crippen LogP contribution >= 0.6 is 0 Å². The van der Waals surface area contributed by atoms with Gasteiger partial charge in [0.1, 0.15) is 5.82 Å². The third-order valence-electron chi connectivity index (χ3n) is 5.53. The zero-order valence-corrected chi connectivity index (χ0v) is 13.7. The minimum absolute atomic E-state index is 0.130. The number of hydrogen-bond acceptors (Lipinski definition) is 2. The second kappa shape index (κ2) is 7.43. The van der Waals surface area contributed by atoms with Gasteiger partial charge in [-0.1, -0.05) is 25.0 Å². The summed E-state index contributed by atoms with van der Waals surface area (Å²) in [5, 5.41) is 6.58. The summed E-state index contributed by atoms with van der Waals surface area (Å²) in [4.78, 5) is 12.9. The van der Waals surface area contributed by atoms with Crippen molar-refractivity contribution in [3.8, 4) is 0 Å². The lowest BCUT2D eigenvalue weighted by molar-refractivity contribution is -0.126. The zero-order valence-electron chi connectivity index (χ0n) is 13.7. The molecule has 1 amide bonds. The monoisotopic (exact) mass is 318 g/mol. The number of hydrogen-bond donors (Lipinski definition) is 2. The number of carbonyl (C=O) groups is 1. The first-order valence-electron chi connectivity index (χ1n) is 8.96. The predicted octanol–water partition coefficient (Wildman–Crippen LogP) is 3.14. The minimum atomic E-state index is -0.446. The third-order valence-corrected chi connectivity index (χ3v) is 5.53. The smallest absolute Gasteiger partial charge is 0.230 e. The van der Waals surface area contributed by atoms with Crippen LogP contribution in [0.3, 0.4) is 0 Å². The summed E-state index contributed by atoms with van der Waals surface area (Å²) in [7, 11) is 0. The Labute approximate surface area is 138 Å². The van der Waals surface area contributed by atoms with E-state index in [2.05, 4.69) is 10.6 Å². The number of halogens is 1. The molecule has 2 N–H and O–H groups in total. The Hall–Kier alpha value is -1.42. The van der Waals surface area contributed by atoms with Crippen LogP contribution in [0.2, 0.25) is 0 Å². The zero-order chi connectivity index (χ0) is 16.1. The van der Waals surface area contributed by atoms with Crippen LogP contribution in [0, 0.1) is 11.7 Å². The quantitative estimate of drug-likeness (QED) is 0.876. The fraction of sp³-hybridized carbons (Fsp3) is 0.632. The summed E-state index contributed by atoms with van der Waals surface area (Å²) in [6, 6.07) is 6.50. The van der Waals surface area contributed by atoms with E-state index in [4.69, 9.17) is 0 Å². The molecule has 126 valence electrons. The Morgan fingerprint density at radius 2 is 1.96 bits per heavy atom. The topological polar surface area (TPSA) is 41.1 Å². The van der Waals surface area contributed by atoms with Crippen molar-refractivity contribution in [2.75, 3.05) is 19.6 Å². The number of piperidine rings is 1. The molecule has 1 saturated carbocycles.